The van der Waals surface area contributed by atoms with E-state index in [1.807, 2.05) is 0 Å². The zero-order chi connectivity index (χ0) is 12.7. The normalized spacial score (nSPS) is 8.62. The van der Waals surface area contributed by atoms with Gasteiger partial charge in [-0.1, -0.05) is 25.8 Å². The molecule has 0 rings (SSSR count). The summed E-state index contributed by atoms with van der Waals surface area (Å²) in [5.74, 6) is -1.61. The van der Waals surface area contributed by atoms with E-state index >= 15 is 0 Å². The molecule has 0 aliphatic rings. The third-order valence-electron chi connectivity index (χ3n) is 1.34. The molecule has 0 heterocycles. The summed E-state index contributed by atoms with van der Waals surface area (Å²) in [6.07, 6.45) is 2.58. The standard InChI is InChI=1S/C12H14O4/c1-6-7-10(15-11(13)8(2)3)16-12(14)9(4)5/h6-7H,1-2,4H2,3,5H3. The number of carbonyl (C=O) groups is 2. The fraction of sp³-hybridized carbons (Fsp3) is 0.167. The fourth-order valence-corrected chi connectivity index (χ4v) is 0.542. The van der Waals surface area contributed by atoms with Crippen molar-refractivity contribution in [3.8, 4) is 0 Å². The summed E-state index contributed by atoms with van der Waals surface area (Å²) < 4.78 is 9.48. The van der Waals surface area contributed by atoms with Crippen molar-refractivity contribution in [1.82, 2.24) is 0 Å². The van der Waals surface area contributed by atoms with Gasteiger partial charge in [0.25, 0.3) is 5.95 Å². The lowest BCUT2D eigenvalue weighted by Gasteiger charge is -2.08. The van der Waals surface area contributed by atoms with E-state index in [1.165, 1.54) is 26.0 Å². The van der Waals surface area contributed by atoms with Crippen LogP contribution >= 0.6 is 0 Å². The van der Waals surface area contributed by atoms with Gasteiger partial charge in [-0.25, -0.2) is 9.59 Å². The van der Waals surface area contributed by atoms with Crippen molar-refractivity contribution >= 4 is 11.9 Å². The highest BCUT2D eigenvalue weighted by Crippen LogP contribution is 2.07. The lowest BCUT2D eigenvalue weighted by atomic mass is 10.3. The smallest absolute Gasteiger partial charge is 0.340 e. The minimum absolute atomic E-state index is 0.196. The molecular weight excluding hydrogens is 208 g/mol. The Balaban J connectivity index is 4.65. The molecule has 0 N–H and O–H groups in total. The Morgan fingerprint density at radius 1 is 1.00 bits per heavy atom. The monoisotopic (exact) mass is 222 g/mol. The molecule has 0 aromatic rings. The minimum Gasteiger partial charge on any atom is -0.389 e. The molecule has 0 aromatic heterocycles. The number of hydrogen-bond acceptors (Lipinski definition) is 4. The highest BCUT2D eigenvalue weighted by molar-refractivity contribution is 5.89. The molecule has 4 heteroatoms. The second-order valence-corrected chi connectivity index (χ2v) is 3.06. The molecular formula is C12H14O4. The van der Waals surface area contributed by atoms with Crippen LogP contribution in [-0.4, -0.2) is 11.9 Å². The number of esters is 2. The van der Waals surface area contributed by atoms with Crippen molar-refractivity contribution in [2.75, 3.05) is 0 Å². The fourth-order valence-electron chi connectivity index (χ4n) is 0.542. The Labute approximate surface area is 94.5 Å². The van der Waals surface area contributed by atoms with Gasteiger partial charge in [-0.2, -0.15) is 0 Å². The van der Waals surface area contributed by atoms with Gasteiger partial charge in [0.15, 0.2) is 0 Å². The predicted octanol–water partition coefficient (Wildman–Crippen LogP) is 2.25. The molecule has 0 radical (unpaired) electrons. The van der Waals surface area contributed by atoms with Crippen LogP contribution in [0.5, 0.6) is 0 Å². The quantitative estimate of drug-likeness (QED) is 0.310. The summed E-state index contributed by atoms with van der Waals surface area (Å²) in [7, 11) is 0. The van der Waals surface area contributed by atoms with Crippen LogP contribution < -0.4 is 0 Å². The van der Waals surface area contributed by atoms with E-state index in [-0.39, 0.29) is 17.1 Å². The molecule has 0 spiro atoms. The molecule has 4 nitrogen and oxygen atoms in total. The Bertz CT molecular complexity index is 344. The van der Waals surface area contributed by atoms with Crippen LogP contribution in [0.4, 0.5) is 0 Å². The van der Waals surface area contributed by atoms with Crippen LogP contribution in [0.1, 0.15) is 13.8 Å². The summed E-state index contributed by atoms with van der Waals surface area (Å²) in [4.78, 5) is 22.3. The van der Waals surface area contributed by atoms with E-state index in [0.29, 0.717) is 0 Å². The number of hydrogen-bond donors (Lipinski definition) is 0. The van der Waals surface area contributed by atoms with Gasteiger partial charge in [0.05, 0.1) is 0 Å². The van der Waals surface area contributed by atoms with Gasteiger partial charge < -0.3 is 9.47 Å². The van der Waals surface area contributed by atoms with Gasteiger partial charge in [-0.05, 0) is 13.8 Å². The Hall–Kier alpha value is -2.10. The molecule has 0 saturated heterocycles. The van der Waals surface area contributed by atoms with Crippen molar-refractivity contribution in [3.63, 3.8) is 0 Å². The van der Waals surface area contributed by atoms with E-state index < -0.39 is 11.9 Å². The molecule has 0 amide bonds. The van der Waals surface area contributed by atoms with Gasteiger partial charge in [0.2, 0.25) is 0 Å². The first kappa shape index (κ1) is 13.9. The Kier molecular flexibility index (Phi) is 5.56. The van der Waals surface area contributed by atoms with Crippen molar-refractivity contribution in [1.29, 1.82) is 0 Å². The van der Waals surface area contributed by atoms with E-state index in [2.05, 4.69) is 19.7 Å². The maximum atomic E-state index is 11.2. The van der Waals surface area contributed by atoms with Gasteiger partial charge in [0, 0.05) is 17.2 Å². The molecule has 0 bridgehead atoms. The molecule has 0 unspecified atom stereocenters. The number of ether oxygens (including phenoxy) is 2. The second-order valence-electron chi connectivity index (χ2n) is 3.06. The van der Waals surface area contributed by atoms with Gasteiger partial charge in [-0.15, -0.1) is 0 Å². The molecule has 16 heavy (non-hydrogen) atoms. The van der Waals surface area contributed by atoms with Crippen LogP contribution in [0.2, 0.25) is 0 Å². The first-order valence-corrected chi connectivity index (χ1v) is 4.46. The molecule has 0 aliphatic heterocycles. The van der Waals surface area contributed by atoms with Crippen LogP contribution in [0.25, 0.3) is 0 Å². The summed E-state index contributed by atoms with van der Waals surface area (Å²) >= 11 is 0. The minimum atomic E-state index is -0.678. The number of allylic oxidation sites excluding steroid dienone is 2. The third kappa shape index (κ3) is 4.95. The van der Waals surface area contributed by atoms with Crippen LogP contribution in [0.15, 0.2) is 49.0 Å². The van der Waals surface area contributed by atoms with Crippen molar-refractivity contribution < 1.29 is 19.1 Å². The average molecular weight is 222 g/mol. The maximum absolute atomic E-state index is 11.2. The van der Waals surface area contributed by atoms with Gasteiger partial charge in [-0.3, -0.25) is 0 Å². The first-order chi connectivity index (χ1) is 7.38. The molecule has 0 saturated carbocycles. The van der Waals surface area contributed by atoms with Crippen molar-refractivity contribution in [2.45, 2.75) is 13.8 Å². The van der Waals surface area contributed by atoms with Crippen LogP contribution in [-0.2, 0) is 19.1 Å². The number of rotatable bonds is 5. The Morgan fingerprint density at radius 2 is 1.38 bits per heavy atom. The lowest BCUT2D eigenvalue weighted by Crippen LogP contribution is -2.11. The molecule has 0 aromatic carbocycles. The highest BCUT2D eigenvalue weighted by Gasteiger charge is 2.13. The van der Waals surface area contributed by atoms with E-state index in [1.54, 1.807) is 0 Å². The first-order valence-electron chi connectivity index (χ1n) is 4.46. The molecule has 0 aliphatic carbocycles. The zero-order valence-corrected chi connectivity index (χ0v) is 9.41. The number of carbonyl (C=O) groups excluding carboxylic acids is 2. The SMILES string of the molecule is C=CC=C(OC(=O)C(=C)C)OC(=O)C(=C)C. The van der Waals surface area contributed by atoms with Crippen molar-refractivity contribution in [3.05, 3.63) is 49.0 Å². The van der Waals surface area contributed by atoms with E-state index in [9.17, 15) is 9.59 Å². The molecule has 86 valence electrons. The van der Waals surface area contributed by atoms with E-state index in [4.69, 9.17) is 9.47 Å². The summed E-state index contributed by atoms with van der Waals surface area (Å²) in [6.45, 7) is 13.2. The zero-order valence-electron chi connectivity index (χ0n) is 9.41. The average Bonchev–Trinajstić information content (AvgIpc) is 2.17. The van der Waals surface area contributed by atoms with Gasteiger partial charge >= 0.3 is 11.9 Å². The largest absolute Gasteiger partial charge is 0.389 e. The topological polar surface area (TPSA) is 52.6 Å². The van der Waals surface area contributed by atoms with Crippen LogP contribution in [0, 0.1) is 0 Å². The van der Waals surface area contributed by atoms with E-state index in [0.717, 1.165) is 0 Å². The summed E-state index contributed by atoms with van der Waals surface area (Å²) in [5, 5.41) is 0. The van der Waals surface area contributed by atoms with Crippen molar-refractivity contribution in [2.24, 2.45) is 0 Å². The highest BCUT2D eigenvalue weighted by atomic mass is 16.7. The third-order valence-corrected chi connectivity index (χ3v) is 1.34. The molecule has 0 atom stereocenters. The van der Waals surface area contributed by atoms with Gasteiger partial charge in [0.1, 0.15) is 0 Å². The Morgan fingerprint density at radius 3 is 1.62 bits per heavy atom. The lowest BCUT2D eigenvalue weighted by molar-refractivity contribution is -0.148. The summed E-state index contributed by atoms with van der Waals surface area (Å²) in [5.41, 5.74) is 0.391. The maximum Gasteiger partial charge on any atom is 0.340 e. The predicted molar refractivity (Wildman–Crippen MR) is 60.1 cm³/mol. The molecule has 0 fully saturated rings. The summed E-state index contributed by atoms with van der Waals surface area (Å²) in [6, 6.07) is 0. The van der Waals surface area contributed by atoms with Crippen LogP contribution in [0.3, 0.4) is 0 Å². The second kappa shape index (κ2) is 6.40.